The molecule has 0 saturated heterocycles. The largest absolute Gasteiger partial charge is 0.478 e. The Bertz CT molecular complexity index is 511. The Balaban J connectivity index is 2.99. The van der Waals surface area contributed by atoms with Crippen LogP contribution in [0.5, 0.6) is 0 Å². The fraction of sp³-hybridized carbons (Fsp3) is 0.385. The zero-order valence-electron chi connectivity index (χ0n) is 11.1. The van der Waals surface area contributed by atoms with E-state index in [4.69, 9.17) is 34.0 Å². The first-order valence-electron chi connectivity index (χ1n) is 6.06. The third-order valence-electron chi connectivity index (χ3n) is 3.10. The molecule has 0 aliphatic heterocycles. The number of rotatable bonds is 5. The second-order valence-electron chi connectivity index (χ2n) is 4.52. The van der Waals surface area contributed by atoms with Crippen molar-refractivity contribution in [2.75, 3.05) is 5.32 Å². The standard InChI is InChI=1S/C13H16Cl2N2O3/c1-3-6(2)10(16)12(18)17-11-8(14)4-7(13(19)20)5-9(11)15/h4-6,10H,3,16H2,1-2H3,(H,17,18)(H,19,20). The number of aromatic carboxylic acids is 1. The molecule has 0 bridgehead atoms. The number of carboxylic acids is 1. The predicted molar refractivity (Wildman–Crippen MR) is 79.5 cm³/mol. The highest BCUT2D eigenvalue weighted by Crippen LogP contribution is 2.32. The van der Waals surface area contributed by atoms with Gasteiger partial charge in [0, 0.05) is 0 Å². The number of carbonyl (C=O) groups excluding carboxylic acids is 1. The minimum Gasteiger partial charge on any atom is -0.478 e. The maximum absolute atomic E-state index is 12.0. The minimum atomic E-state index is -1.15. The molecule has 20 heavy (non-hydrogen) atoms. The Kier molecular flexibility index (Phi) is 5.80. The fourth-order valence-corrected chi connectivity index (χ4v) is 2.12. The van der Waals surface area contributed by atoms with Crippen LogP contribution in [0.25, 0.3) is 0 Å². The van der Waals surface area contributed by atoms with Gasteiger partial charge in [0.15, 0.2) is 0 Å². The summed E-state index contributed by atoms with van der Waals surface area (Å²) in [6.07, 6.45) is 0.758. The topological polar surface area (TPSA) is 92.4 Å². The molecule has 0 aliphatic carbocycles. The van der Waals surface area contributed by atoms with Gasteiger partial charge in [-0.25, -0.2) is 4.79 Å². The Morgan fingerprint density at radius 3 is 2.25 bits per heavy atom. The van der Waals surface area contributed by atoms with Gasteiger partial charge in [0.1, 0.15) is 0 Å². The first-order valence-corrected chi connectivity index (χ1v) is 6.82. The van der Waals surface area contributed by atoms with Crippen molar-refractivity contribution in [3.8, 4) is 0 Å². The first kappa shape index (κ1) is 16.8. The first-order chi connectivity index (χ1) is 9.27. The number of nitrogens with two attached hydrogens (primary N) is 1. The Hall–Kier alpha value is -1.30. The molecule has 0 aliphatic rings. The van der Waals surface area contributed by atoms with E-state index >= 15 is 0 Å². The van der Waals surface area contributed by atoms with E-state index in [1.807, 2.05) is 13.8 Å². The van der Waals surface area contributed by atoms with E-state index in [0.717, 1.165) is 6.42 Å². The number of carbonyl (C=O) groups is 2. The van der Waals surface area contributed by atoms with E-state index in [1.54, 1.807) is 0 Å². The van der Waals surface area contributed by atoms with Crippen LogP contribution >= 0.6 is 23.2 Å². The molecule has 0 saturated carbocycles. The normalized spacial score (nSPS) is 13.7. The van der Waals surface area contributed by atoms with Crippen LogP contribution in [0, 0.1) is 5.92 Å². The third kappa shape index (κ3) is 3.85. The quantitative estimate of drug-likeness (QED) is 0.778. The van der Waals surface area contributed by atoms with Gasteiger partial charge in [-0.3, -0.25) is 4.79 Å². The van der Waals surface area contributed by atoms with Gasteiger partial charge in [-0.2, -0.15) is 0 Å². The van der Waals surface area contributed by atoms with Gasteiger partial charge in [0.2, 0.25) is 5.91 Å². The van der Waals surface area contributed by atoms with E-state index < -0.39 is 17.9 Å². The van der Waals surface area contributed by atoms with Crippen molar-refractivity contribution in [1.82, 2.24) is 0 Å². The zero-order chi connectivity index (χ0) is 15.4. The molecule has 0 radical (unpaired) electrons. The number of amides is 1. The summed E-state index contributed by atoms with van der Waals surface area (Å²) in [5.74, 6) is -1.56. The number of hydrogen-bond donors (Lipinski definition) is 3. The summed E-state index contributed by atoms with van der Waals surface area (Å²) in [7, 11) is 0. The molecule has 1 amide bonds. The molecule has 2 unspecified atom stereocenters. The van der Waals surface area contributed by atoms with Gasteiger partial charge in [-0.05, 0) is 18.1 Å². The SMILES string of the molecule is CCC(C)C(N)C(=O)Nc1c(Cl)cc(C(=O)O)cc1Cl. The molecule has 2 atom stereocenters. The van der Waals surface area contributed by atoms with E-state index in [1.165, 1.54) is 12.1 Å². The third-order valence-corrected chi connectivity index (χ3v) is 3.69. The number of benzene rings is 1. The van der Waals surface area contributed by atoms with E-state index in [-0.39, 0.29) is 27.2 Å². The lowest BCUT2D eigenvalue weighted by molar-refractivity contribution is -0.118. The maximum atomic E-state index is 12.0. The summed E-state index contributed by atoms with van der Waals surface area (Å²) in [5.41, 5.74) is 5.92. The van der Waals surface area contributed by atoms with E-state index in [0.29, 0.717) is 0 Å². The van der Waals surface area contributed by atoms with Crippen LogP contribution < -0.4 is 11.1 Å². The van der Waals surface area contributed by atoms with E-state index in [9.17, 15) is 9.59 Å². The molecule has 0 aromatic heterocycles. The summed E-state index contributed by atoms with van der Waals surface area (Å²) in [6.45, 7) is 3.79. The van der Waals surface area contributed by atoms with Crippen molar-refractivity contribution >= 4 is 40.8 Å². The molecule has 4 N–H and O–H groups in total. The maximum Gasteiger partial charge on any atom is 0.335 e. The second kappa shape index (κ2) is 6.92. The molecule has 7 heteroatoms. The van der Waals surface area contributed by atoms with Gasteiger partial charge < -0.3 is 16.2 Å². The Morgan fingerprint density at radius 2 is 1.85 bits per heavy atom. The van der Waals surface area contributed by atoms with Crippen LogP contribution in [0.4, 0.5) is 5.69 Å². The molecule has 110 valence electrons. The lowest BCUT2D eigenvalue weighted by atomic mass is 9.99. The molecule has 0 fully saturated rings. The zero-order valence-corrected chi connectivity index (χ0v) is 12.6. The smallest absolute Gasteiger partial charge is 0.335 e. The Labute approximate surface area is 127 Å². The predicted octanol–water partition coefficient (Wildman–Crippen LogP) is 3.00. The number of hydrogen-bond acceptors (Lipinski definition) is 3. The molecular formula is C13H16Cl2N2O3. The molecule has 0 heterocycles. The van der Waals surface area contributed by atoms with Crippen LogP contribution in [0.15, 0.2) is 12.1 Å². The van der Waals surface area contributed by atoms with Crippen LogP contribution in [0.1, 0.15) is 30.6 Å². The molecule has 1 aromatic rings. The average Bonchev–Trinajstić information content (AvgIpc) is 2.40. The number of carboxylic acid groups (broad SMARTS) is 1. The second-order valence-corrected chi connectivity index (χ2v) is 5.34. The summed E-state index contributed by atoms with van der Waals surface area (Å²) in [5, 5.41) is 11.5. The number of anilines is 1. The van der Waals surface area contributed by atoms with Crippen LogP contribution in [0.2, 0.25) is 10.0 Å². The van der Waals surface area contributed by atoms with Crippen molar-refractivity contribution in [3.63, 3.8) is 0 Å². The van der Waals surface area contributed by atoms with Gasteiger partial charge in [0.25, 0.3) is 0 Å². The van der Waals surface area contributed by atoms with Crippen molar-refractivity contribution in [3.05, 3.63) is 27.7 Å². The van der Waals surface area contributed by atoms with E-state index in [2.05, 4.69) is 5.32 Å². The minimum absolute atomic E-state index is 0.00541. The molecule has 0 spiro atoms. The molecule has 5 nitrogen and oxygen atoms in total. The van der Waals surface area contributed by atoms with Crippen molar-refractivity contribution in [2.45, 2.75) is 26.3 Å². The lowest BCUT2D eigenvalue weighted by Crippen LogP contribution is -2.40. The van der Waals surface area contributed by atoms with Crippen LogP contribution in [-0.2, 0) is 4.79 Å². The van der Waals surface area contributed by atoms with Gasteiger partial charge in [-0.15, -0.1) is 0 Å². The van der Waals surface area contributed by atoms with Crippen LogP contribution in [0.3, 0.4) is 0 Å². The summed E-state index contributed by atoms with van der Waals surface area (Å²) in [4.78, 5) is 22.8. The highest BCUT2D eigenvalue weighted by Gasteiger charge is 2.22. The Morgan fingerprint density at radius 1 is 1.35 bits per heavy atom. The lowest BCUT2D eigenvalue weighted by Gasteiger charge is -2.19. The summed E-state index contributed by atoms with van der Waals surface area (Å²) < 4.78 is 0. The van der Waals surface area contributed by atoms with Crippen molar-refractivity contribution in [1.29, 1.82) is 0 Å². The van der Waals surface area contributed by atoms with Gasteiger partial charge >= 0.3 is 5.97 Å². The molecular weight excluding hydrogens is 303 g/mol. The monoisotopic (exact) mass is 318 g/mol. The summed E-state index contributed by atoms with van der Waals surface area (Å²) >= 11 is 11.9. The fourth-order valence-electron chi connectivity index (χ4n) is 1.53. The van der Waals surface area contributed by atoms with Gasteiger partial charge in [-0.1, -0.05) is 43.5 Å². The van der Waals surface area contributed by atoms with Crippen molar-refractivity contribution in [2.24, 2.45) is 11.7 Å². The molecule has 1 aromatic carbocycles. The highest BCUT2D eigenvalue weighted by molar-refractivity contribution is 6.40. The van der Waals surface area contributed by atoms with Crippen LogP contribution in [-0.4, -0.2) is 23.0 Å². The van der Waals surface area contributed by atoms with Crippen molar-refractivity contribution < 1.29 is 14.7 Å². The number of nitrogens with one attached hydrogen (secondary N) is 1. The summed E-state index contributed by atoms with van der Waals surface area (Å²) in [6, 6.07) is 1.76. The van der Waals surface area contributed by atoms with Gasteiger partial charge in [0.05, 0.1) is 27.3 Å². The molecule has 1 rings (SSSR count). The highest BCUT2D eigenvalue weighted by atomic mass is 35.5. The average molecular weight is 319 g/mol. The number of halogens is 2.